The van der Waals surface area contributed by atoms with Gasteiger partial charge in [-0.3, -0.25) is 0 Å². The van der Waals surface area contributed by atoms with Gasteiger partial charge in [0.2, 0.25) is 0 Å². The van der Waals surface area contributed by atoms with Gasteiger partial charge in [-0.05, 0) is 31.5 Å². The molecule has 0 saturated carbocycles. The molecule has 0 aliphatic carbocycles. The van der Waals surface area contributed by atoms with E-state index in [2.05, 4.69) is 4.98 Å². The lowest BCUT2D eigenvalue weighted by atomic mass is 10.1. The van der Waals surface area contributed by atoms with Crippen LogP contribution in [0.15, 0.2) is 48.5 Å². The molecular weight excluding hydrogens is 322 g/mol. The van der Waals surface area contributed by atoms with Crippen LogP contribution in [0.2, 0.25) is 0 Å². The van der Waals surface area contributed by atoms with Crippen molar-refractivity contribution in [3.8, 4) is 16.3 Å². The summed E-state index contributed by atoms with van der Waals surface area (Å²) in [6, 6.07) is 15.7. The number of carbonyl (C=O) groups is 1. The Morgan fingerprint density at radius 3 is 2.33 bits per heavy atom. The van der Waals surface area contributed by atoms with Gasteiger partial charge in [0.25, 0.3) is 0 Å². The van der Waals surface area contributed by atoms with E-state index in [0.717, 1.165) is 28.2 Å². The molecular formula is C19H16NO3S-. The molecule has 1 heterocycles. The quantitative estimate of drug-likeness (QED) is 0.715. The number of hydrogen-bond acceptors (Lipinski definition) is 5. The predicted molar refractivity (Wildman–Crippen MR) is 92.1 cm³/mol. The summed E-state index contributed by atoms with van der Waals surface area (Å²) in [5.74, 6) is -0.349. The Balaban J connectivity index is 1.70. The number of carbonyl (C=O) groups excluding carboxylic acids is 1. The van der Waals surface area contributed by atoms with E-state index in [9.17, 15) is 9.90 Å². The maximum absolute atomic E-state index is 11.0. The van der Waals surface area contributed by atoms with Crippen LogP contribution in [0.25, 0.3) is 10.6 Å². The van der Waals surface area contributed by atoms with Gasteiger partial charge in [0.1, 0.15) is 17.4 Å². The van der Waals surface area contributed by atoms with Crippen LogP contribution < -0.4 is 9.84 Å². The Morgan fingerprint density at radius 1 is 1.08 bits per heavy atom. The number of hydrogen-bond donors (Lipinski definition) is 0. The largest absolute Gasteiger partial charge is 0.544 e. The molecule has 24 heavy (non-hydrogen) atoms. The van der Waals surface area contributed by atoms with Gasteiger partial charge in [0.05, 0.1) is 16.5 Å². The zero-order chi connectivity index (χ0) is 17.1. The zero-order valence-corrected chi connectivity index (χ0v) is 14.2. The summed E-state index contributed by atoms with van der Waals surface area (Å²) in [4.78, 5) is 15.5. The maximum atomic E-state index is 11.0. The van der Waals surface area contributed by atoms with Gasteiger partial charge in [0, 0.05) is 5.56 Å². The van der Waals surface area contributed by atoms with Crippen molar-refractivity contribution in [3.05, 3.63) is 70.2 Å². The van der Waals surface area contributed by atoms with Crippen molar-refractivity contribution in [1.82, 2.24) is 4.98 Å². The van der Waals surface area contributed by atoms with Crippen molar-refractivity contribution >= 4 is 17.3 Å². The Kier molecular flexibility index (Phi) is 4.62. The molecule has 0 bridgehead atoms. The molecule has 0 unspecified atom stereocenters. The molecule has 0 radical (unpaired) electrons. The van der Waals surface area contributed by atoms with Crippen molar-refractivity contribution in [2.45, 2.75) is 20.5 Å². The summed E-state index contributed by atoms with van der Waals surface area (Å²) >= 11 is 1.13. The molecule has 1 aromatic heterocycles. The molecule has 5 heteroatoms. The maximum Gasteiger partial charge on any atom is 0.124 e. The van der Waals surface area contributed by atoms with Crippen LogP contribution in [0.4, 0.5) is 0 Å². The van der Waals surface area contributed by atoms with Gasteiger partial charge in [-0.1, -0.05) is 42.0 Å². The number of aryl methyl sites for hydroxylation is 2. The van der Waals surface area contributed by atoms with E-state index in [-0.39, 0.29) is 4.88 Å². The van der Waals surface area contributed by atoms with Crippen molar-refractivity contribution < 1.29 is 14.6 Å². The average Bonchev–Trinajstić information content (AvgIpc) is 2.97. The molecule has 0 aliphatic rings. The first-order chi connectivity index (χ1) is 11.5. The topological polar surface area (TPSA) is 62.2 Å². The zero-order valence-electron chi connectivity index (χ0n) is 13.4. The van der Waals surface area contributed by atoms with Crippen LogP contribution in [-0.2, 0) is 6.61 Å². The first-order valence-corrected chi connectivity index (χ1v) is 8.32. The number of thiazole rings is 1. The fourth-order valence-corrected chi connectivity index (χ4v) is 3.16. The summed E-state index contributed by atoms with van der Waals surface area (Å²) in [6.45, 7) is 4.19. The molecule has 0 atom stereocenters. The molecule has 2 aromatic carbocycles. The summed E-state index contributed by atoms with van der Waals surface area (Å²) in [5, 5.41) is 11.7. The van der Waals surface area contributed by atoms with Crippen LogP contribution in [0.3, 0.4) is 0 Å². The second-order valence-corrected chi connectivity index (χ2v) is 6.52. The smallest absolute Gasteiger partial charge is 0.124 e. The fraction of sp³-hybridized carbons (Fsp3) is 0.158. The van der Waals surface area contributed by atoms with E-state index >= 15 is 0 Å². The van der Waals surface area contributed by atoms with E-state index < -0.39 is 5.97 Å². The lowest BCUT2D eigenvalue weighted by Gasteiger charge is -2.07. The normalized spacial score (nSPS) is 10.6. The average molecular weight is 338 g/mol. The van der Waals surface area contributed by atoms with E-state index in [4.69, 9.17) is 4.74 Å². The minimum absolute atomic E-state index is 0.178. The monoisotopic (exact) mass is 338 g/mol. The SMILES string of the molecule is Cc1ccc(OCc2ccc(-c3nc(C)c(C(=O)[O-])s3)cc2)cc1. The Bertz CT molecular complexity index is 851. The third-order valence-corrected chi connectivity index (χ3v) is 4.80. The fourth-order valence-electron chi connectivity index (χ4n) is 2.25. The number of carboxylic acid groups (broad SMARTS) is 1. The molecule has 4 nitrogen and oxygen atoms in total. The molecule has 0 N–H and O–H groups in total. The highest BCUT2D eigenvalue weighted by atomic mass is 32.1. The van der Waals surface area contributed by atoms with E-state index in [0.29, 0.717) is 17.3 Å². The third-order valence-electron chi connectivity index (χ3n) is 3.61. The summed E-state index contributed by atoms with van der Waals surface area (Å²) in [6.07, 6.45) is 0. The Labute approximate surface area is 144 Å². The van der Waals surface area contributed by atoms with Crippen LogP contribution in [0.1, 0.15) is 26.5 Å². The highest BCUT2D eigenvalue weighted by molar-refractivity contribution is 7.17. The van der Waals surface area contributed by atoms with E-state index in [1.54, 1.807) is 6.92 Å². The molecule has 0 aliphatic heterocycles. The summed E-state index contributed by atoms with van der Waals surface area (Å²) < 4.78 is 5.75. The Morgan fingerprint density at radius 2 is 1.75 bits per heavy atom. The Hall–Kier alpha value is -2.66. The van der Waals surface area contributed by atoms with Crippen LogP contribution in [-0.4, -0.2) is 11.0 Å². The molecule has 3 aromatic rings. The number of rotatable bonds is 5. The third kappa shape index (κ3) is 3.63. The lowest BCUT2D eigenvalue weighted by molar-refractivity contribution is -0.254. The molecule has 0 saturated heterocycles. The highest BCUT2D eigenvalue weighted by Gasteiger charge is 2.10. The summed E-state index contributed by atoms with van der Waals surface area (Å²) in [7, 11) is 0. The van der Waals surface area contributed by atoms with Gasteiger partial charge >= 0.3 is 0 Å². The first-order valence-electron chi connectivity index (χ1n) is 7.50. The van der Waals surface area contributed by atoms with E-state index in [1.807, 2.05) is 55.5 Å². The van der Waals surface area contributed by atoms with Crippen LogP contribution in [0, 0.1) is 13.8 Å². The van der Waals surface area contributed by atoms with Gasteiger partial charge in [-0.15, -0.1) is 11.3 Å². The minimum Gasteiger partial charge on any atom is -0.544 e. The molecule has 122 valence electrons. The van der Waals surface area contributed by atoms with Gasteiger partial charge in [-0.25, -0.2) is 4.98 Å². The van der Waals surface area contributed by atoms with Gasteiger partial charge in [-0.2, -0.15) is 0 Å². The van der Waals surface area contributed by atoms with Crippen molar-refractivity contribution in [1.29, 1.82) is 0 Å². The van der Waals surface area contributed by atoms with Gasteiger partial charge in [0.15, 0.2) is 0 Å². The van der Waals surface area contributed by atoms with Crippen molar-refractivity contribution in [2.24, 2.45) is 0 Å². The van der Waals surface area contributed by atoms with Crippen molar-refractivity contribution in [2.75, 3.05) is 0 Å². The standard InChI is InChI=1S/C19H17NO3S/c1-12-3-9-16(10-4-12)23-11-14-5-7-15(8-6-14)18-20-13(2)17(24-18)19(21)22/h3-10H,11H2,1-2H3,(H,21,22)/p-1. The van der Waals surface area contributed by atoms with Crippen LogP contribution >= 0.6 is 11.3 Å². The number of carboxylic acids is 1. The lowest BCUT2D eigenvalue weighted by Crippen LogP contribution is -2.21. The molecule has 0 spiro atoms. The second-order valence-electron chi connectivity index (χ2n) is 5.52. The van der Waals surface area contributed by atoms with Crippen molar-refractivity contribution in [3.63, 3.8) is 0 Å². The minimum atomic E-state index is -1.18. The molecule has 0 fully saturated rings. The first kappa shape index (κ1) is 16.2. The second kappa shape index (κ2) is 6.84. The highest BCUT2D eigenvalue weighted by Crippen LogP contribution is 2.28. The number of aromatic carboxylic acids is 1. The molecule has 3 rings (SSSR count). The number of nitrogens with zero attached hydrogens (tertiary/aromatic N) is 1. The summed E-state index contributed by atoms with van der Waals surface area (Å²) in [5.41, 5.74) is 3.60. The van der Waals surface area contributed by atoms with Crippen LogP contribution in [0.5, 0.6) is 5.75 Å². The van der Waals surface area contributed by atoms with E-state index in [1.165, 1.54) is 5.56 Å². The molecule has 0 amide bonds. The predicted octanol–water partition coefficient (Wildman–Crippen LogP) is 3.37. The number of ether oxygens (including phenoxy) is 1. The number of benzene rings is 2. The number of aromatic nitrogens is 1. The van der Waals surface area contributed by atoms with Gasteiger partial charge < -0.3 is 14.6 Å².